The van der Waals surface area contributed by atoms with Crippen molar-refractivity contribution in [2.24, 2.45) is 0 Å². The summed E-state index contributed by atoms with van der Waals surface area (Å²) >= 11 is 1.22. The number of ether oxygens (including phenoxy) is 1. The SMILES string of the molecule is CCn1c(CC(=O)Nc2cccc(OC)c2)nnc1SCC(=O)Nc1ccc(F)cc1C. The minimum Gasteiger partial charge on any atom is -0.497 e. The van der Waals surface area contributed by atoms with Gasteiger partial charge in [0.1, 0.15) is 17.4 Å². The zero-order chi connectivity index (χ0) is 23.1. The molecule has 0 aliphatic rings. The van der Waals surface area contributed by atoms with Gasteiger partial charge in [-0.2, -0.15) is 0 Å². The van der Waals surface area contributed by atoms with Crippen LogP contribution in [0.25, 0.3) is 0 Å². The smallest absolute Gasteiger partial charge is 0.234 e. The molecule has 0 aliphatic carbocycles. The minimum atomic E-state index is -0.353. The van der Waals surface area contributed by atoms with Crippen LogP contribution in [0.4, 0.5) is 15.8 Å². The van der Waals surface area contributed by atoms with Crippen molar-refractivity contribution >= 4 is 35.0 Å². The van der Waals surface area contributed by atoms with Gasteiger partial charge in [0.2, 0.25) is 11.8 Å². The summed E-state index contributed by atoms with van der Waals surface area (Å²) in [5.41, 5.74) is 1.83. The summed E-state index contributed by atoms with van der Waals surface area (Å²) in [6.07, 6.45) is 0.0413. The highest BCUT2D eigenvalue weighted by Crippen LogP contribution is 2.21. The van der Waals surface area contributed by atoms with Gasteiger partial charge < -0.3 is 19.9 Å². The zero-order valence-electron chi connectivity index (χ0n) is 18.0. The minimum absolute atomic E-state index is 0.0413. The molecule has 8 nitrogen and oxygen atoms in total. The number of amides is 2. The molecule has 0 unspecified atom stereocenters. The Morgan fingerprint density at radius 2 is 1.94 bits per heavy atom. The monoisotopic (exact) mass is 457 g/mol. The van der Waals surface area contributed by atoms with Gasteiger partial charge in [-0.1, -0.05) is 17.8 Å². The third-order valence-corrected chi connectivity index (χ3v) is 5.54. The van der Waals surface area contributed by atoms with Gasteiger partial charge in [-0.05, 0) is 49.7 Å². The summed E-state index contributed by atoms with van der Waals surface area (Å²) in [5, 5.41) is 14.4. The molecular formula is C22H24FN5O3S. The lowest BCUT2D eigenvalue weighted by molar-refractivity contribution is -0.116. The Morgan fingerprint density at radius 3 is 2.66 bits per heavy atom. The van der Waals surface area contributed by atoms with E-state index in [4.69, 9.17) is 4.74 Å². The van der Waals surface area contributed by atoms with E-state index < -0.39 is 0 Å². The number of halogens is 1. The van der Waals surface area contributed by atoms with Gasteiger partial charge in [0.05, 0.1) is 19.3 Å². The summed E-state index contributed by atoms with van der Waals surface area (Å²) in [6, 6.07) is 11.3. The summed E-state index contributed by atoms with van der Waals surface area (Å²) in [7, 11) is 1.56. The molecule has 3 aromatic rings. The maximum atomic E-state index is 13.2. The number of rotatable bonds is 9. The Labute approximate surface area is 189 Å². The molecule has 0 aliphatic heterocycles. The highest BCUT2D eigenvalue weighted by molar-refractivity contribution is 7.99. The molecule has 2 amide bonds. The van der Waals surface area contributed by atoms with Crippen LogP contribution in [0, 0.1) is 12.7 Å². The number of nitrogens with zero attached hydrogens (tertiary/aromatic N) is 3. The molecule has 0 atom stereocenters. The van der Waals surface area contributed by atoms with Crippen LogP contribution >= 0.6 is 11.8 Å². The normalized spacial score (nSPS) is 10.6. The molecule has 0 spiro atoms. The number of anilines is 2. The summed E-state index contributed by atoms with van der Waals surface area (Å²) in [6.45, 7) is 4.19. The van der Waals surface area contributed by atoms with Crippen LogP contribution in [0.1, 0.15) is 18.3 Å². The van der Waals surface area contributed by atoms with Gasteiger partial charge in [-0.25, -0.2) is 4.39 Å². The molecule has 10 heteroatoms. The van der Waals surface area contributed by atoms with Crippen molar-refractivity contribution in [3.8, 4) is 5.75 Å². The van der Waals surface area contributed by atoms with Crippen LogP contribution in [0.5, 0.6) is 5.75 Å². The number of hydrogen-bond acceptors (Lipinski definition) is 6. The van der Waals surface area contributed by atoms with E-state index in [-0.39, 0.29) is 29.8 Å². The largest absolute Gasteiger partial charge is 0.497 e. The molecule has 0 radical (unpaired) electrons. The number of carbonyl (C=O) groups excluding carboxylic acids is 2. The van der Waals surface area contributed by atoms with E-state index in [1.807, 2.05) is 6.92 Å². The third-order valence-electron chi connectivity index (χ3n) is 4.58. The summed E-state index contributed by atoms with van der Waals surface area (Å²) < 4.78 is 20.2. The van der Waals surface area contributed by atoms with E-state index in [1.165, 1.54) is 30.0 Å². The lowest BCUT2D eigenvalue weighted by Crippen LogP contribution is -2.18. The number of carbonyl (C=O) groups is 2. The number of thioether (sulfide) groups is 1. The molecule has 0 fully saturated rings. The molecule has 0 bridgehead atoms. The molecule has 0 saturated heterocycles. The lowest BCUT2D eigenvalue weighted by atomic mass is 10.2. The highest BCUT2D eigenvalue weighted by Gasteiger charge is 2.16. The first-order valence-electron chi connectivity index (χ1n) is 9.94. The maximum Gasteiger partial charge on any atom is 0.234 e. The van der Waals surface area contributed by atoms with E-state index in [2.05, 4.69) is 20.8 Å². The van der Waals surface area contributed by atoms with Gasteiger partial charge in [0.15, 0.2) is 5.16 Å². The summed E-state index contributed by atoms with van der Waals surface area (Å²) in [4.78, 5) is 24.8. The van der Waals surface area contributed by atoms with E-state index in [1.54, 1.807) is 42.9 Å². The zero-order valence-corrected chi connectivity index (χ0v) is 18.8. The number of benzene rings is 2. The number of nitrogens with one attached hydrogen (secondary N) is 2. The second kappa shape index (κ2) is 10.8. The van der Waals surface area contributed by atoms with Crippen LogP contribution in [-0.4, -0.2) is 39.4 Å². The van der Waals surface area contributed by atoms with Crippen molar-refractivity contribution in [3.63, 3.8) is 0 Å². The highest BCUT2D eigenvalue weighted by atomic mass is 32.2. The Bertz CT molecular complexity index is 1120. The first kappa shape index (κ1) is 23.3. The molecule has 1 heterocycles. The Kier molecular flexibility index (Phi) is 7.82. The molecule has 2 N–H and O–H groups in total. The van der Waals surface area contributed by atoms with Gasteiger partial charge in [0, 0.05) is 24.0 Å². The molecule has 1 aromatic heterocycles. The van der Waals surface area contributed by atoms with Crippen LogP contribution in [0.15, 0.2) is 47.6 Å². The van der Waals surface area contributed by atoms with E-state index in [0.29, 0.717) is 40.2 Å². The fourth-order valence-corrected chi connectivity index (χ4v) is 3.83. The number of aromatic nitrogens is 3. The van der Waals surface area contributed by atoms with E-state index in [0.717, 1.165) is 0 Å². The average molecular weight is 458 g/mol. The first-order valence-corrected chi connectivity index (χ1v) is 10.9. The second-order valence-electron chi connectivity index (χ2n) is 6.90. The maximum absolute atomic E-state index is 13.2. The van der Waals surface area contributed by atoms with Crippen molar-refractivity contribution in [3.05, 3.63) is 59.7 Å². The number of hydrogen-bond donors (Lipinski definition) is 2. The fraction of sp³-hybridized carbons (Fsp3) is 0.273. The lowest BCUT2D eigenvalue weighted by Gasteiger charge is -2.10. The first-order chi connectivity index (χ1) is 15.4. The summed E-state index contributed by atoms with van der Waals surface area (Å²) in [5.74, 6) is 0.422. The molecule has 2 aromatic carbocycles. The number of methoxy groups -OCH3 is 1. The van der Waals surface area contributed by atoms with Crippen LogP contribution in [0.2, 0.25) is 0 Å². The second-order valence-corrected chi connectivity index (χ2v) is 7.84. The van der Waals surface area contributed by atoms with Crippen LogP contribution in [-0.2, 0) is 22.6 Å². The topological polar surface area (TPSA) is 98.1 Å². The van der Waals surface area contributed by atoms with Gasteiger partial charge >= 0.3 is 0 Å². The van der Waals surface area contributed by atoms with Crippen molar-refractivity contribution in [2.75, 3.05) is 23.5 Å². The van der Waals surface area contributed by atoms with Crippen molar-refractivity contribution in [1.29, 1.82) is 0 Å². The Balaban J connectivity index is 1.59. The molecule has 32 heavy (non-hydrogen) atoms. The fourth-order valence-electron chi connectivity index (χ4n) is 3.01. The van der Waals surface area contributed by atoms with Gasteiger partial charge in [-0.15, -0.1) is 10.2 Å². The van der Waals surface area contributed by atoms with E-state index >= 15 is 0 Å². The standard InChI is InChI=1S/C22H24FN5O3S/c1-4-28-19(12-20(29)24-16-6-5-7-17(11-16)31-3)26-27-22(28)32-13-21(30)25-18-9-8-15(23)10-14(18)2/h5-11H,4,12-13H2,1-3H3,(H,24,29)(H,25,30). The molecule has 3 rings (SSSR count). The quantitative estimate of drug-likeness (QED) is 0.476. The van der Waals surface area contributed by atoms with Gasteiger partial charge in [-0.3, -0.25) is 9.59 Å². The van der Waals surface area contributed by atoms with Crippen molar-refractivity contribution in [1.82, 2.24) is 14.8 Å². The van der Waals surface area contributed by atoms with Crippen LogP contribution in [0.3, 0.4) is 0 Å². The molecule has 168 valence electrons. The van der Waals surface area contributed by atoms with Crippen LogP contribution < -0.4 is 15.4 Å². The van der Waals surface area contributed by atoms with Crippen molar-refractivity contribution < 1.29 is 18.7 Å². The molecular weight excluding hydrogens is 433 g/mol. The predicted octanol–water partition coefficient (Wildman–Crippen LogP) is 3.67. The third kappa shape index (κ3) is 6.07. The number of aryl methyl sites for hydroxylation is 1. The Hall–Kier alpha value is -3.40. The Morgan fingerprint density at radius 1 is 1.12 bits per heavy atom. The average Bonchev–Trinajstić information content (AvgIpc) is 3.15. The van der Waals surface area contributed by atoms with Crippen molar-refractivity contribution in [2.45, 2.75) is 32.0 Å². The van der Waals surface area contributed by atoms with E-state index in [9.17, 15) is 14.0 Å². The predicted molar refractivity (Wildman–Crippen MR) is 122 cm³/mol. The van der Waals surface area contributed by atoms with Gasteiger partial charge in [0.25, 0.3) is 0 Å². The molecule has 0 saturated carbocycles.